The first-order valence-electron chi connectivity index (χ1n) is 8.68. The van der Waals surface area contributed by atoms with E-state index in [1.807, 2.05) is 0 Å². The fraction of sp³-hybridized carbons (Fsp3) is 0.667. The van der Waals surface area contributed by atoms with Crippen molar-refractivity contribution >= 4 is 5.69 Å². The molecule has 4 saturated heterocycles. The van der Waals surface area contributed by atoms with Crippen molar-refractivity contribution in [3.05, 3.63) is 29.8 Å². The molecule has 5 rings (SSSR count). The summed E-state index contributed by atoms with van der Waals surface area (Å²) in [6.07, 6.45) is 5.49. The number of nitrogens with one attached hydrogen (secondary N) is 1. The number of hydrogen-bond acceptors (Lipinski definition) is 3. The van der Waals surface area contributed by atoms with Gasteiger partial charge < -0.3 is 15.1 Å². The zero-order valence-corrected chi connectivity index (χ0v) is 12.9. The van der Waals surface area contributed by atoms with Crippen LogP contribution in [0.5, 0.6) is 0 Å². The maximum absolute atomic E-state index is 3.80. The van der Waals surface area contributed by atoms with Gasteiger partial charge in [0.25, 0.3) is 0 Å². The summed E-state index contributed by atoms with van der Waals surface area (Å²) < 4.78 is 0. The highest BCUT2D eigenvalue weighted by atomic mass is 15.2. The van der Waals surface area contributed by atoms with E-state index in [-0.39, 0.29) is 0 Å². The summed E-state index contributed by atoms with van der Waals surface area (Å²) in [6, 6.07) is 9.94. The highest BCUT2D eigenvalue weighted by Crippen LogP contribution is 2.27. The van der Waals surface area contributed by atoms with E-state index in [0.717, 1.165) is 12.5 Å². The smallest absolute Gasteiger partial charge is 0.0366 e. The Kier molecular flexibility index (Phi) is 3.87. The van der Waals surface area contributed by atoms with Crippen molar-refractivity contribution in [1.82, 2.24) is 10.2 Å². The normalized spacial score (nSPS) is 31.8. The Balaban J connectivity index is 1.32. The monoisotopic (exact) mass is 285 g/mol. The maximum atomic E-state index is 3.80. The van der Waals surface area contributed by atoms with Crippen molar-refractivity contribution in [2.75, 3.05) is 37.6 Å². The van der Waals surface area contributed by atoms with Crippen LogP contribution in [-0.4, -0.2) is 43.7 Å². The third kappa shape index (κ3) is 2.95. The Morgan fingerprint density at radius 3 is 2.29 bits per heavy atom. The van der Waals surface area contributed by atoms with Crippen LogP contribution in [0.4, 0.5) is 5.69 Å². The summed E-state index contributed by atoms with van der Waals surface area (Å²) in [5.41, 5.74) is 2.83. The first-order chi connectivity index (χ1) is 10.4. The fourth-order valence-corrected chi connectivity index (χ4v) is 4.25. The molecule has 1 N–H and O–H groups in total. The van der Waals surface area contributed by atoms with E-state index in [2.05, 4.69) is 39.4 Å². The Morgan fingerprint density at radius 1 is 0.952 bits per heavy atom. The number of piperidine rings is 3. The van der Waals surface area contributed by atoms with E-state index in [9.17, 15) is 0 Å². The SMILES string of the molecule is c1cc(N2CCCC2)ccc1CNC1CN2CCC1CC2. The summed E-state index contributed by atoms with van der Waals surface area (Å²) >= 11 is 0. The molecule has 0 amide bonds. The molecular weight excluding hydrogens is 258 g/mol. The summed E-state index contributed by atoms with van der Waals surface area (Å²) in [5.74, 6) is 0.916. The van der Waals surface area contributed by atoms with Gasteiger partial charge in [-0.25, -0.2) is 0 Å². The minimum absolute atomic E-state index is 0.714. The van der Waals surface area contributed by atoms with Gasteiger partial charge in [-0.2, -0.15) is 0 Å². The molecular formula is C18H27N3. The summed E-state index contributed by atoms with van der Waals surface area (Å²) in [6.45, 7) is 7.40. The van der Waals surface area contributed by atoms with Gasteiger partial charge in [0.1, 0.15) is 0 Å². The maximum Gasteiger partial charge on any atom is 0.0366 e. The molecule has 1 unspecified atom stereocenters. The lowest BCUT2D eigenvalue weighted by atomic mass is 9.84. The van der Waals surface area contributed by atoms with Crippen molar-refractivity contribution in [2.45, 2.75) is 38.3 Å². The largest absolute Gasteiger partial charge is 0.372 e. The lowest BCUT2D eigenvalue weighted by Gasteiger charge is -2.45. The summed E-state index contributed by atoms with van der Waals surface area (Å²) in [5, 5.41) is 3.80. The second-order valence-corrected chi connectivity index (χ2v) is 6.99. The molecule has 4 fully saturated rings. The highest BCUT2D eigenvalue weighted by molar-refractivity contribution is 5.48. The van der Waals surface area contributed by atoms with Gasteiger partial charge in [-0.15, -0.1) is 0 Å². The average molecular weight is 285 g/mol. The van der Waals surface area contributed by atoms with Crippen LogP contribution in [0.2, 0.25) is 0 Å². The molecule has 0 aliphatic carbocycles. The Morgan fingerprint density at radius 2 is 1.67 bits per heavy atom. The molecule has 0 radical (unpaired) electrons. The zero-order valence-electron chi connectivity index (χ0n) is 12.9. The van der Waals surface area contributed by atoms with Gasteiger partial charge in [-0.3, -0.25) is 0 Å². The molecule has 114 valence electrons. The van der Waals surface area contributed by atoms with Gasteiger partial charge in [-0.05, 0) is 62.4 Å². The number of benzene rings is 1. The molecule has 4 heterocycles. The lowest BCUT2D eigenvalue weighted by Crippen LogP contribution is -2.55. The summed E-state index contributed by atoms with van der Waals surface area (Å²) in [4.78, 5) is 5.12. The van der Waals surface area contributed by atoms with Crippen molar-refractivity contribution < 1.29 is 0 Å². The van der Waals surface area contributed by atoms with Gasteiger partial charge in [0.2, 0.25) is 0 Å². The van der Waals surface area contributed by atoms with Gasteiger partial charge in [0.15, 0.2) is 0 Å². The average Bonchev–Trinajstić information content (AvgIpc) is 3.09. The Labute approximate surface area is 128 Å². The van der Waals surface area contributed by atoms with E-state index in [4.69, 9.17) is 0 Å². The van der Waals surface area contributed by atoms with Crippen LogP contribution in [0.3, 0.4) is 0 Å². The number of rotatable bonds is 4. The molecule has 2 bridgehead atoms. The van der Waals surface area contributed by atoms with E-state index >= 15 is 0 Å². The Hall–Kier alpha value is -1.06. The predicted molar refractivity (Wildman–Crippen MR) is 87.7 cm³/mol. The second-order valence-electron chi connectivity index (χ2n) is 6.99. The van der Waals surface area contributed by atoms with E-state index in [1.165, 1.54) is 69.7 Å². The van der Waals surface area contributed by atoms with Crippen LogP contribution in [0.25, 0.3) is 0 Å². The van der Waals surface area contributed by atoms with Crippen LogP contribution in [-0.2, 0) is 6.54 Å². The van der Waals surface area contributed by atoms with Crippen LogP contribution in [0.15, 0.2) is 24.3 Å². The molecule has 3 heteroatoms. The first kappa shape index (κ1) is 13.6. The molecule has 1 aromatic rings. The number of anilines is 1. The van der Waals surface area contributed by atoms with Crippen LogP contribution in [0, 0.1) is 5.92 Å². The second kappa shape index (κ2) is 5.98. The quantitative estimate of drug-likeness (QED) is 0.917. The lowest BCUT2D eigenvalue weighted by molar-refractivity contribution is 0.0720. The van der Waals surface area contributed by atoms with Crippen LogP contribution < -0.4 is 10.2 Å². The first-order valence-corrected chi connectivity index (χ1v) is 8.68. The number of fused-ring (bicyclic) bond motifs is 3. The van der Waals surface area contributed by atoms with Gasteiger partial charge in [0.05, 0.1) is 0 Å². The molecule has 0 saturated carbocycles. The molecule has 1 aromatic carbocycles. The molecule has 4 aliphatic rings. The van der Waals surface area contributed by atoms with Crippen molar-refractivity contribution in [1.29, 1.82) is 0 Å². The summed E-state index contributed by atoms with van der Waals surface area (Å²) in [7, 11) is 0. The zero-order chi connectivity index (χ0) is 14.1. The third-order valence-corrected chi connectivity index (χ3v) is 5.63. The number of nitrogens with zero attached hydrogens (tertiary/aromatic N) is 2. The molecule has 3 nitrogen and oxygen atoms in total. The predicted octanol–water partition coefficient (Wildman–Crippen LogP) is 2.47. The number of hydrogen-bond donors (Lipinski definition) is 1. The topological polar surface area (TPSA) is 18.5 Å². The highest BCUT2D eigenvalue weighted by Gasteiger charge is 2.33. The van der Waals surface area contributed by atoms with E-state index in [1.54, 1.807) is 0 Å². The molecule has 4 aliphatic heterocycles. The third-order valence-electron chi connectivity index (χ3n) is 5.63. The van der Waals surface area contributed by atoms with Gasteiger partial charge in [0, 0.05) is 37.9 Å². The van der Waals surface area contributed by atoms with Crippen molar-refractivity contribution in [3.63, 3.8) is 0 Å². The van der Waals surface area contributed by atoms with Crippen molar-refractivity contribution in [3.8, 4) is 0 Å². The standard InChI is InChI=1S/C18H27N3/c1-2-10-21(9-1)17-5-3-15(4-6-17)13-19-18-14-20-11-7-16(18)8-12-20/h3-6,16,18-19H,1-2,7-14H2. The molecule has 0 aromatic heterocycles. The fourth-order valence-electron chi connectivity index (χ4n) is 4.25. The van der Waals surface area contributed by atoms with Gasteiger partial charge in [-0.1, -0.05) is 12.1 Å². The Bertz CT molecular complexity index is 456. The van der Waals surface area contributed by atoms with E-state index < -0.39 is 0 Å². The van der Waals surface area contributed by atoms with Crippen molar-refractivity contribution in [2.24, 2.45) is 5.92 Å². The minimum Gasteiger partial charge on any atom is -0.372 e. The minimum atomic E-state index is 0.714. The van der Waals surface area contributed by atoms with Gasteiger partial charge >= 0.3 is 0 Å². The molecule has 1 atom stereocenters. The van der Waals surface area contributed by atoms with E-state index in [0.29, 0.717) is 6.04 Å². The molecule has 21 heavy (non-hydrogen) atoms. The molecule has 0 spiro atoms. The van der Waals surface area contributed by atoms with Crippen LogP contribution in [0.1, 0.15) is 31.2 Å². The van der Waals surface area contributed by atoms with Crippen LogP contribution >= 0.6 is 0 Å².